The molecular weight excluding hydrogens is 550 g/mol. The molecule has 0 aliphatic carbocycles. The van der Waals surface area contributed by atoms with E-state index in [1.54, 1.807) is 7.11 Å². The van der Waals surface area contributed by atoms with Crippen LogP contribution in [0.25, 0.3) is 0 Å². The van der Waals surface area contributed by atoms with Crippen LogP contribution >= 0.6 is 11.6 Å². The molecule has 1 amide bonds. The minimum absolute atomic E-state index is 0.0375. The lowest BCUT2D eigenvalue weighted by Crippen LogP contribution is -2.43. The van der Waals surface area contributed by atoms with Crippen LogP contribution < -0.4 is 25.6 Å². The molecule has 0 radical (unpaired) electrons. The van der Waals surface area contributed by atoms with E-state index in [0.29, 0.717) is 30.5 Å². The molecule has 1 aromatic heterocycles. The summed E-state index contributed by atoms with van der Waals surface area (Å²) in [5.41, 5.74) is 2.34. The average Bonchev–Trinajstić information content (AvgIpc) is 3.56. The molecule has 13 heteroatoms. The zero-order chi connectivity index (χ0) is 28.9. The number of fused-ring (bicyclic) bond motifs is 1. The summed E-state index contributed by atoms with van der Waals surface area (Å²) in [5, 5.41) is 9.99. The number of nitrogens with zero attached hydrogens (tertiary/aromatic N) is 4. The molecule has 1 unspecified atom stereocenters. The predicted octanol–water partition coefficient (Wildman–Crippen LogP) is 2.51. The standard InChI is InChI=1S/C28H40ClN7O5/c1-35(2)11-12-36(3)21-9-8-17(13-20(21)33-26(37)19-7-5-6-10-30-19)32-28-31-14-18(29)27(34-28)41-23-16-40-24-22(38-4)15-39-25(23)24/h8-9,13-14,19,22-25,30H,5-7,10-12,15-16H2,1-4H3,(H,33,37)(H,31,32,34)/t19?,22-,23-,24-,25-/m1/s1. The Labute approximate surface area is 246 Å². The number of hydrogen-bond acceptors (Lipinski definition) is 11. The molecule has 1 aromatic carbocycles. The van der Waals surface area contributed by atoms with Crippen LogP contribution in [0.3, 0.4) is 0 Å². The molecule has 41 heavy (non-hydrogen) atoms. The van der Waals surface area contributed by atoms with E-state index >= 15 is 0 Å². The Bertz CT molecular complexity index is 1200. The number of halogens is 1. The van der Waals surface area contributed by atoms with Gasteiger partial charge in [-0.2, -0.15) is 4.98 Å². The Morgan fingerprint density at radius 3 is 2.66 bits per heavy atom. The Hall–Kier alpha value is -2.74. The summed E-state index contributed by atoms with van der Waals surface area (Å²) in [4.78, 5) is 26.3. The molecule has 2 aromatic rings. The summed E-state index contributed by atoms with van der Waals surface area (Å²) in [6, 6.07) is 5.60. The summed E-state index contributed by atoms with van der Waals surface area (Å²) in [7, 11) is 7.74. The summed E-state index contributed by atoms with van der Waals surface area (Å²) in [6.45, 7) is 3.32. The number of piperidine rings is 1. The maximum absolute atomic E-state index is 13.1. The predicted molar refractivity (Wildman–Crippen MR) is 158 cm³/mol. The molecule has 3 N–H and O–H groups in total. The molecule has 0 spiro atoms. The molecule has 5 atom stereocenters. The lowest BCUT2D eigenvalue weighted by Gasteiger charge is -2.27. The van der Waals surface area contributed by atoms with E-state index < -0.39 is 0 Å². The number of anilines is 4. The zero-order valence-electron chi connectivity index (χ0n) is 24.1. The van der Waals surface area contributed by atoms with E-state index in [0.717, 1.165) is 44.6 Å². The van der Waals surface area contributed by atoms with Crippen molar-refractivity contribution in [3.63, 3.8) is 0 Å². The molecular formula is C28H40ClN7O5. The Balaban J connectivity index is 1.32. The van der Waals surface area contributed by atoms with Crippen LogP contribution in [-0.2, 0) is 19.0 Å². The van der Waals surface area contributed by atoms with Gasteiger partial charge in [-0.25, -0.2) is 4.98 Å². The van der Waals surface area contributed by atoms with Gasteiger partial charge in [0.2, 0.25) is 17.7 Å². The summed E-state index contributed by atoms with van der Waals surface area (Å²) in [6.07, 6.45) is 3.50. The van der Waals surface area contributed by atoms with Gasteiger partial charge in [-0.15, -0.1) is 0 Å². The van der Waals surface area contributed by atoms with E-state index in [2.05, 4.69) is 35.7 Å². The molecule has 4 heterocycles. The van der Waals surface area contributed by atoms with Crippen LogP contribution in [0, 0.1) is 0 Å². The second-order valence-electron chi connectivity index (χ2n) is 10.9. The highest BCUT2D eigenvalue weighted by Crippen LogP contribution is 2.34. The second-order valence-corrected chi connectivity index (χ2v) is 11.4. The minimum atomic E-state index is -0.368. The number of benzene rings is 1. The minimum Gasteiger partial charge on any atom is -0.468 e. The van der Waals surface area contributed by atoms with Crippen molar-refractivity contribution in [2.45, 2.75) is 49.7 Å². The van der Waals surface area contributed by atoms with Gasteiger partial charge in [-0.05, 0) is 51.7 Å². The number of methoxy groups -OCH3 is 1. The van der Waals surface area contributed by atoms with Crippen LogP contribution in [0.2, 0.25) is 5.02 Å². The molecule has 0 saturated carbocycles. The first-order chi connectivity index (χ1) is 19.8. The van der Waals surface area contributed by atoms with Crippen molar-refractivity contribution >= 4 is 40.5 Å². The van der Waals surface area contributed by atoms with E-state index in [1.165, 1.54) is 6.20 Å². The number of rotatable bonds is 11. The third-order valence-corrected chi connectivity index (χ3v) is 7.93. The third-order valence-electron chi connectivity index (χ3n) is 7.67. The molecule has 0 bridgehead atoms. The van der Waals surface area contributed by atoms with Crippen LogP contribution in [0.5, 0.6) is 5.88 Å². The van der Waals surface area contributed by atoms with Crippen molar-refractivity contribution < 1.29 is 23.7 Å². The van der Waals surface area contributed by atoms with Gasteiger partial charge in [-0.1, -0.05) is 18.0 Å². The van der Waals surface area contributed by atoms with Gasteiger partial charge in [0.05, 0.1) is 36.8 Å². The molecule has 12 nitrogen and oxygen atoms in total. The number of hydrogen-bond donors (Lipinski definition) is 3. The highest BCUT2D eigenvalue weighted by Gasteiger charge is 2.49. The average molecular weight is 590 g/mol. The number of carbonyl (C=O) groups is 1. The van der Waals surface area contributed by atoms with Crippen molar-refractivity contribution in [1.82, 2.24) is 20.2 Å². The Morgan fingerprint density at radius 1 is 1.15 bits per heavy atom. The summed E-state index contributed by atoms with van der Waals surface area (Å²) >= 11 is 6.39. The van der Waals surface area contributed by atoms with E-state index in [-0.39, 0.29) is 47.3 Å². The molecule has 3 fully saturated rings. The van der Waals surface area contributed by atoms with Crippen LogP contribution in [0.15, 0.2) is 24.4 Å². The molecule has 3 saturated heterocycles. The maximum atomic E-state index is 13.1. The van der Waals surface area contributed by atoms with Gasteiger partial charge in [0.1, 0.15) is 23.3 Å². The fourth-order valence-electron chi connectivity index (χ4n) is 5.31. The van der Waals surface area contributed by atoms with Crippen molar-refractivity contribution in [1.29, 1.82) is 0 Å². The normalized spacial score (nSPS) is 25.7. The lowest BCUT2D eigenvalue weighted by atomic mass is 10.0. The van der Waals surface area contributed by atoms with Gasteiger partial charge in [-0.3, -0.25) is 4.79 Å². The number of nitrogens with one attached hydrogen (secondary N) is 3. The van der Waals surface area contributed by atoms with Crippen LogP contribution in [-0.4, -0.2) is 112 Å². The fraction of sp³-hybridized carbons (Fsp3) is 0.607. The van der Waals surface area contributed by atoms with Gasteiger partial charge in [0.25, 0.3) is 0 Å². The van der Waals surface area contributed by atoms with Crippen molar-refractivity contribution in [2.75, 3.05) is 76.6 Å². The first-order valence-electron chi connectivity index (χ1n) is 14.1. The molecule has 3 aliphatic heterocycles. The SMILES string of the molecule is CO[C@@H]1CO[C@H]2[C@@H]1OC[C@H]2Oc1nc(Nc2ccc(N(C)CCN(C)C)c(NC(=O)C3CCCCN3)c2)ncc1Cl. The number of aromatic nitrogens is 2. The highest BCUT2D eigenvalue weighted by atomic mass is 35.5. The van der Waals surface area contributed by atoms with Crippen LogP contribution in [0.1, 0.15) is 19.3 Å². The number of carbonyl (C=O) groups excluding carboxylic acids is 1. The Kier molecular flexibility index (Phi) is 9.79. The summed E-state index contributed by atoms with van der Waals surface area (Å²) < 4.78 is 23.3. The van der Waals surface area contributed by atoms with Gasteiger partial charge in [0.15, 0.2) is 6.10 Å². The molecule has 5 rings (SSSR count). The zero-order valence-corrected chi connectivity index (χ0v) is 24.8. The topological polar surface area (TPSA) is 122 Å². The van der Waals surface area contributed by atoms with Crippen molar-refractivity contribution in [3.8, 4) is 5.88 Å². The van der Waals surface area contributed by atoms with Gasteiger partial charge in [0, 0.05) is 32.9 Å². The maximum Gasteiger partial charge on any atom is 0.241 e. The van der Waals surface area contributed by atoms with Gasteiger partial charge < -0.3 is 44.7 Å². The van der Waals surface area contributed by atoms with E-state index in [4.69, 9.17) is 30.5 Å². The Morgan fingerprint density at radius 2 is 1.93 bits per heavy atom. The van der Waals surface area contributed by atoms with Crippen LogP contribution in [0.4, 0.5) is 23.0 Å². The molecule has 224 valence electrons. The van der Waals surface area contributed by atoms with Crippen molar-refractivity contribution in [3.05, 3.63) is 29.4 Å². The first-order valence-corrected chi connectivity index (χ1v) is 14.5. The third kappa shape index (κ3) is 7.19. The quantitative estimate of drug-likeness (QED) is 0.358. The smallest absolute Gasteiger partial charge is 0.241 e. The second kappa shape index (κ2) is 13.5. The van der Waals surface area contributed by atoms with Crippen molar-refractivity contribution in [2.24, 2.45) is 0 Å². The number of amides is 1. The molecule has 3 aliphatic rings. The lowest BCUT2D eigenvalue weighted by molar-refractivity contribution is -0.118. The fourth-order valence-corrected chi connectivity index (χ4v) is 5.45. The van der Waals surface area contributed by atoms with E-state index in [9.17, 15) is 4.79 Å². The first kappa shape index (κ1) is 29.7. The summed E-state index contributed by atoms with van der Waals surface area (Å²) in [5.74, 6) is 0.506. The highest BCUT2D eigenvalue weighted by molar-refractivity contribution is 6.31. The largest absolute Gasteiger partial charge is 0.468 e. The number of likely N-dealkylation sites (N-methyl/N-ethyl adjacent to an activating group) is 2. The van der Waals surface area contributed by atoms with Gasteiger partial charge >= 0.3 is 0 Å². The van der Waals surface area contributed by atoms with E-state index in [1.807, 2.05) is 39.3 Å². The number of ether oxygens (including phenoxy) is 4. The monoisotopic (exact) mass is 589 g/mol.